The zero-order valence-corrected chi connectivity index (χ0v) is 11.8. The number of nitrogens with two attached hydrogens (primary N) is 1. The Labute approximate surface area is 122 Å². The number of carbonyl (C=O) groups is 3. The fourth-order valence-corrected chi connectivity index (χ4v) is 2.76. The standard InChI is InChI=1S/C15H18N2O4/c1-2-9-5-3-6-10-12(9)15(21)17(14(10)20)11(13(16)19)7-4-8-18/h3,5-6,8,11,15,21H,2,4,7H2,1H3,(H2,16,19). The van der Waals surface area contributed by atoms with Crippen molar-refractivity contribution in [3.8, 4) is 0 Å². The Morgan fingerprint density at radius 1 is 1.52 bits per heavy atom. The summed E-state index contributed by atoms with van der Waals surface area (Å²) in [5.41, 5.74) is 7.10. The third-order valence-corrected chi connectivity index (χ3v) is 3.79. The Balaban J connectivity index is 2.42. The van der Waals surface area contributed by atoms with Crippen molar-refractivity contribution in [3.63, 3.8) is 0 Å². The molecule has 6 nitrogen and oxygen atoms in total. The number of benzene rings is 1. The second kappa shape index (κ2) is 6.05. The number of carbonyl (C=O) groups excluding carboxylic acids is 3. The lowest BCUT2D eigenvalue weighted by atomic mass is 10.0. The molecular weight excluding hydrogens is 272 g/mol. The van der Waals surface area contributed by atoms with E-state index < -0.39 is 24.1 Å². The van der Waals surface area contributed by atoms with Crippen LogP contribution in [0, 0.1) is 0 Å². The van der Waals surface area contributed by atoms with Gasteiger partial charge < -0.3 is 15.6 Å². The first-order chi connectivity index (χ1) is 10.0. The molecule has 0 saturated heterocycles. The monoisotopic (exact) mass is 290 g/mol. The molecule has 112 valence electrons. The smallest absolute Gasteiger partial charge is 0.257 e. The van der Waals surface area contributed by atoms with Crippen LogP contribution in [-0.2, 0) is 16.0 Å². The summed E-state index contributed by atoms with van der Waals surface area (Å²) in [7, 11) is 0. The molecule has 2 unspecified atom stereocenters. The van der Waals surface area contributed by atoms with Crippen molar-refractivity contribution in [2.75, 3.05) is 0 Å². The highest BCUT2D eigenvalue weighted by Gasteiger charge is 2.42. The van der Waals surface area contributed by atoms with Crippen LogP contribution in [0.2, 0.25) is 0 Å². The van der Waals surface area contributed by atoms with Gasteiger partial charge in [-0.15, -0.1) is 0 Å². The van der Waals surface area contributed by atoms with Gasteiger partial charge in [0.25, 0.3) is 5.91 Å². The molecule has 1 heterocycles. The Morgan fingerprint density at radius 2 is 2.24 bits per heavy atom. The SMILES string of the molecule is CCc1cccc2c1C(O)N(C(CCC=O)C(N)=O)C2=O. The summed E-state index contributed by atoms with van der Waals surface area (Å²) in [4.78, 5) is 35.6. The molecular formula is C15H18N2O4. The summed E-state index contributed by atoms with van der Waals surface area (Å²) >= 11 is 0. The first kappa shape index (κ1) is 15.2. The zero-order chi connectivity index (χ0) is 15.6. The van der Waals surface area contributed by atoms with Crippen LogP contribution in [0.15, 0.2) is 18.2 Å². The number of hydrogen-bond acceptors (Lipinski definition) is 4. The first-order valence-electron chi connectivity index (χ1n) is 6.88. The zero-order valence-electron chi connectivity index (χ0n) is 11.8. The van der Waals surface area contributed by atoms with Crippen LogP contribution < -0.4 is 5.73 Å². The minimum Gasteiger partial charge on any atom is -0.369 e. The average Bonchev–Trinajstić information content (AvgIpc) is 2.72. The molecule has 0 radical (unpaired) electrons. The van der Waals surface area contributed by atoms with Gasteiger partial charge in [-0.1, -0.05) is 19.1 Å². The predicted molar refractivity (Wildman–Crippen MR) is 75.2 cm³/mol. The molecule has 1 aromatic rings. The summed E-state index contributed by atoms with van der Waals surface area (Å²) in [6.07, 6.45) is 0.329. The van der Waals surface area contributed by atoms with Crippen LogP contribution in [0.1, 0.15) is 47.5 Å². The van der Waals surface area contributed by atoms with E-state index in [0.29, 0.717) is 23.8 Å². The minimum absolute atomic E-state index is 0.0983. The molecule has 0 saturated carbocycles. The van der Waals surface area contributed by atoms with Crippen LogP contribution in [0.3, 0.4) is 0 Å². The molecule has 3 N–H and O–H groups in total. The number of aryl methyl sites for hydroxylation is 1. The number of aldehydes is 1. The first-order valence-corrected chi connectivity index (χ1v) is 6.88. The van der Waals surface area contributed by atoms with Crippen molar-refractivity contribution >= 4 is 18.1 Å². The molecule has 1 aromatic carbocycles. The van der Waals surface area contributed by atoms with Crippen molar-refractivity contribution in [1.29, 1.82) is 0 Å². The van der Waals surface area contributed by atoms with Gasteiger partial charge >= 0.3 is 0 Å². The van der Waals surface area contributed by atoms with Crippen molar-refractivity contribution < 1.29 is 19.5 Å². The van der Waals surface area contributed by atoms with E-state index in [2.05, 4.69) is 0 Å². The lowest BCUT2D eigenvalue weighted by molar-refractivity contribution is -0.126. The summed E-state index contributed by atoms with van der Waals surface area (Å²) in [6.45, 7) is 1.92. The number of primary amides is 1. The van der Waals surface area contributed by atoms with Crippen LogP contribution in [0.25, 0.3) is 0 Å². The highest BCUT2D eigenvalue weighted by molar-refractivity contribution is 6.01. The van der Waals surface area contributed by atoms with Gasteiger partial charge in [0.15, 0.2) is 6.23 Å². The maximum Gasteiger partial charge on any atom is 0.257 e. The Morgan fingerprint density at radius 3 is 2.81 bits per heavy atom. The molecule has 2 amide bonds. The number of aliphatic hydroxyl groups is 1. The maximum atomic E-state index is 12.5. The van der Waals surface area contributed by atoms with Gasteiger partial charge in [0.2, 0.25) is 5.91 Å². The highest BCUT2D eigenvalue weighted by atomic mass is 16.3. The molecule has 21 heavy (non-hydrogen) atoms. The Kier molecular flexibility index (Phi) is 4.37. The largest absolute Gasteiger partial charge is 0.369 e. The predicted octanol–water partition coefficient (Wildman–Crippen LogP) is 0.529. The van der Waals surface area contributed by atoms with E-state index in [4.69, 9.17) is 5.73 Å². The third kappa shape index (κ3) is 2.54. The number of fused-ring (bicyclic) bond motifs is 1. The lowest BCUT2D eigenvalue weighted by Gasteiger charge is -2.28. The fourth-order valence-electron chi connectivity index (χ4n) is 2.76. The maximum absolute atomic E-state index is 12.5. The van der Waals surface area contributed by atoms with E-state index in [0.717, 1.165) is 10.5 Å². The highest BCUT2D eigenvalue weighted by Crippen LogP contribution is 2.36. The third-order valence-electron chi connectivity index (χ3n) is 3.79. The van der Waals surface area contributed by atoms with Crippen molar-refractivity contribution in [1.82, 2.24) is 4.90 Å². The lowest BCUT2D eigenvalue weighted by Crippen LogP contribution is -2.46. The number of amides is 2. The quantitative estimate of drug-likeness (QED) is 0.746. The number of aliphatic hydroxyl groups excluding tert-OH is 1. The Hall–Kier alpha value is -2.21. The van der Waals surface area contributed by atoms with Crippen molar-refractivity contribution in [2.24, 2.45) is 5.73 Å². The molecule has 0 bridgehead atoms. The molecule has 2 atom stereocenters. The summed E-state index contributed by atoms with van der Waals surface area (Å²) in [5.74, 6) is -1.15. The summed E-state index contributed by atoms with van der Waals surface area (Å²) in [5, 5.41) is 10.5. The van der Waals surface area contributed by atoms with Gasteiger partial charge in [-0.05, 0) is 24.5 Å². The van der Waals surface area contributed by atoms with E-state index in [1.165, 1.54) is 0 Å². The second-order valence-electron chi connectivity index (χ2n) is 4.98. The number of hydrogen-bond donors (Lipinski definition) is 2. The summed E-state index contributed by atoms with van der Waals surface area (Å²) < 4.78 is 0. The second-order valence-corrected chi connectivity index (χ2v) is 4.98. The van der Waals surface area contributed by atoms with Gasteiger partial charge in [0.1, 0.15) is 12.3 Å². The van der Waals surface area contributed by atoms with Gasteiger partial charge in [-0.2, -0.15) is 0 Å². The molecule has 1 aliphatic rings. The molecule has 0 spiro atoms. The molecule has 0 aliphatic carbocycles. The fraction of sp³-hybridized carbons (Fsp3) is 0.400. The van der Waals surface area contributed by atoms with Crippen LogP contribution in [-0.4, -0.2) is 34.1 Å². The molecule has 6 heteroatoms. The van der Waals surface area contributed by atoms with Crippen LogP contribution >= 0.6 is 0 Å². The Bertz CT molecular complexity index is 585. The number of nitrogens with zero attached hydrogens (tertiary/aromatic N) is 1. The van der Waals surface area contributed by atoms with Crippen LogP contribution in [0.5, 0.6) is 0 Å². The topological polar surface area (TPSA) is 101 Å². The number of rotatable bonds is 6. The van der Waals surface area contributed by atoms with E-state index in [9.17, 15) is 19.5 Å². The average molecular weight is 290 g/mol. The van der Waals surface area contributed by atoms with E-state index in [1.54, 1.807) is 12.1 Å². The van der Waals surface area contributed by atoms with Crippen molar-refractivity contribution in [2.45, 2.75) is 38.5 Å². The van der Waals surface area contributed by atoms with E-state index in [1.807, 2.05) is 13.0 Å². The summed E-state index contributed by atoms with van der Waals surface area (Å²) in [6, 6.07) is 4.22. The van der Waals surface area contributed by atoms with E-state index in [-0.39, 0.29) is 12.8 Å². The molecule has 2 rings (SSSR count). The van der Waals surface area contributed by atoms with Gasteiger partial charge in [0, 0.05) is 17.5 Å². The van der Waals surface area contributed by atoms with Crippen molar-refractivity contribution in [3.05, 3.63) is 34.9 Å². The normalized spacial score (nSPS) is 18.5. The van der Waals surface area contributed by atoms with Gasteiger partial charge in [0.05, 0.1) is 0 Å². The van der Waals surface area contributed by atoms with Gasteiger partial charge in [-0.3, -0.25) is 14.5 Å². The van der Waals surface area contributed by atoms with Crippen LogP contribution in [0.4, 0.5) is 0 Å². The molecule has 1 aliphatic heterocycles. The molecule has 0 fully saturated rings. The van der Waals surface area contributed by atoms with E-state index >= 15 is 0 Å². The minimum atomic E-state index is -1.20. The van der Waals surface area contributed by atoms with Gasteiger partial charge in [-0.25, -0.2) is 0 Å². The molecule has 0 aromatic heterocycles.